The fraction of sp³-hybridized carbons (Fsp3) is 0.0857. The van der Waals surface area contributed by atoms with Crippen molar-refractivity contribution >= 4 is 43.5 Å². The summed E-state index contributed by atoms with van der Waals surface area (Å²) >= 11 is 0. The third-order valence-electron chi connectivity index (χ3n) is 7.66. The van der Waals surface area contributed by atoms with Gasteiger partial charge < -0.3 is 4.42 Å². The van der Waals surface area contributed by atoms with Crippen LogP contribution in [0.25, 0.3) is 65.9 Å². The molecule has 0 atom stereocenters. The summed E-state index contributed by atoms with van der Waals surface area (Å²) in [6, 6.07) is 31.2. The maximum Gasteiger partial charge on any atom is 0.216 e. The number of rotatable bonds is 2. The first kappa shape index (κ1) is 21.2. The minimum Gasteiger partial charge on any atom is -0.454 e. The highest BCUT2D eigenvalue weighted by atomic mass is 16.3. The topological polar surface area (TPSA) is 40.8 Å². The molecule has 180 valence electrons. The predicted octanol–water partition coefficient (Wildman–Crippen LogP) is 8.54. The van der Waals surface area contributed by atoms with Crippen LogP contribution in [-0.4, -0.2) is 0 Å². The molecular weight excluding hydrogens is 464 g/mol. The van der Waals surface area contributed by atoms with Gasteiger partial charge in [-0.05, 0) is 76.3 Å². The third-order valence-corrected chi connectivity index (χ3v) is 7.66. The maximum absolute atomic E-state index is 10.3. The normalized spacial score (nSPS) is 11.9. The van der Waals surface area contributed by atoms with Gasteiger partial charge in [-0.15, -0.1) is 0 Å². The van der Waals surface area contributed by atoms with Crippen LogP contribution in [0.5, 0.6) is 0 Å². The zero-order valence-electron chi connectivity index (χ0n) is 22.5. The molecule has 0 aliphatic heterocycles. The molecule has 0 N–H and O–H groups in total. The van der Waals surface area contributed by atoms with Crippen molar-refractivity contribution in [1.29, 1.82) is 5.26 Å². The second-order valence-electron chi connectivity index (χ2n) is 9.96. The molecule has 7 aromatic rings. The van der Waals surface area contributed by atoms with Crippen molar-refractivity contribution in [3.8, 4) is 28.5 Å². The lowest BCUT2D eigenvalue weighted by molar-refractivity contribution is -0.660. The SMILES string of the molecule is [2H]c1c(-c2c(C#N)ccc3c2oc2c(-c4cccc[n+]4C)c(C)cc(C)c23)c2ccccc2c2ccccc12. The van der Waals surface area contributed by atoms with E-state index in [0.717, 1.165) is 65.8 Å². The molecule has 7 rings (SSSR count). The molecule has 3 nitrogen and oxygen atoms in total. The Morgan fingerprint density at radius 1 is 0.763 bits per heavy atom. The fourth-order valence-electron chi connectivity index (χ4n) is 5.98. The molecule has 0 radical (unpaired) electrons. The van der Waals surface area contributed by atoms with Crippen molar-refractivity contribution in [2.45, 2.75) is 13.8 Å². The molecule has 38 heavy (non-hydrogen) atoms. The predicted molar refractivity (Wildman–Crippen MR) is 155 cm³/mol. The Morgan fingerprint density at radius 3 is 2.29 bits per heavy atom. The molecule has 0 unspecified atom stereocenters. The van der Waals surface area contributed by atoms with Crippen LogP contribution in [0, 0.1) is 25.2 Å². The highest BCUT2D eigenvalue weighted by molar-refractivity contribution is 6.20. The highest BCUT2D eigenvalue weighted by Gasteiger charge is 2.25. The summed E-state index contributed by atoms with van der Waals surface area (Å²) in [4.78, 5) is 0. The summed E-state index contributed by atoms with van der Waals surface area (Å²) in [5, 5.41) is 16.2. The van der Waals surface area contributed by atoms with E-state index < -0.39 is 0 Å². The van der Waals surface area contributed by atoms with Gasteiger partial charge >= 0.3 is 0 Å². The number of aryl methyl sites for hydroxylation is 3. The Kier molecular flexibility index (Phi) is 4.62. The highest BCUT2D eigenvalue weighted by Crippen LogP contribution is 2.45. The Labute approximate surface area is 222 Å². The van der Waals surface area contributed by atoms with E-state index in [1.165, 1.54) is 0 Å². The van der Waals surface area contributed by atoms with Crippen molar-refractivity contribution in [2.24, 2.45) is 7.05 Å². The Balaban J connectivity index is 1.70. The van der Waals surface area contributed by atoms with Gasteiger partial charge in [-0.25, -0.2) is 4.57 Å². The first-order valence-electron chi connectivity index (χ1n) is 13.2. The molecular formula is C35H25N2O+. The summed E-state index contributed by atoms with van der Waals surface area (Å²) in [5.41, 5.74) is 7.69. The van der Waals surface area contributed by atoms with Crippen molar-refractivity contribution in [1.82, 2.24) is 0 Å². The minimum atomic E-state index is 0.399. The molecule has 5 aromatic carbocycles. The van der Waals surface area contributed by atoms with Gasteiger partial charge in [0.25, 0.3) is 0 Å². The monoisotopic (exact) mass is 490 g/mol. The first-order valence-corrected chi connectivity index (χ1v) is 12.7. The van der Waals surface area contributed by atoms with Crippen LogP contribution < -0.4 is 4.57 Å². The van der Waals surface area contributed by atoms with Gasteiger partial charge in [0.15, 0.2) is 6.20 Å². The lowest BCUT2D eigenvalue weighted by Crippen LogP contribution is -2.30. The van der Waals surface area contributed by atoms with Gasteiger partial charge in [0.1, 0.15) is 18.2 Å². The molecule has 0 fully saturated rings. The van der Waals surface area contributed by atoms with E-state index in [9.17, 15) is 6.63 Å². The summed E-state index contributed by atoms with van der Waals surface area (Å²) in [6.45, 7) is 4.22. The van der Waals surface area contributed by atoms with E-state index in [1.54, 1.807) is 0 Å². The minimum absolute atomic E-state index is 0.399. The van der Waals surface area contributed by atoms with Crippen LogP contribution in [0.4, 0.5) is 0 Å². The third kappa shape index (κ3) is 3.11. The summed E-state index contributed by atoms with van der Waals surface area (Å²) in [7, 11) is 2.04. The van der Waals surface area contributed by atoms with Crippen molar-refractivity contribution < 1.29 is 10.4 Å². The quantitative estimate of drug-likeness (QED) is 0.180. The Bertz CT molecular complexity index is 2180. The van der Waals surface area contributed by atoms with Crippen molar-refractivity contribution in [3.63, 3.8) is 0 Å². The Hall–Kier alpha value is -4.94. The lowest BCUT2D eigenvalue weighted by atomic mass is 9.89. The number of aromatic nitrogens is 1. The molecule has 0 spiro atoms. The number of nitriles is 1. The van der Waals surface area contributed by atoms with Gasteiger partial charge in [0.05, 0.1) is 18.6 Å². The van der Waals surface area contributed by atoms with Crippen molar-refractivity contribution in [2.75, 3.05) is 0 Å². The zero-order chi connectivity index (χ0) is 26.8. The fourth-order valence-corrected chi connectivity index (χ4v) is 5.98. The molecule has 3 heteroatoms. The van der Waals surface area contributed by atoms with Crippen LogP contribution in [0.1, 0.15) is 18.1 Å². The van der Waals surface area contributed by atoms with Crippen LogP contribution >= 0.6 is 0 Å². The standard InChI is InChI=1S/C35H25N2O/c1-21-18-22(2)32(30-14-8-9-17-37(30)3)35-31(21)28-16-15-24(20-36)33(34(28)38-35)29-19-23-10-4-5-11-25(23)26-12-6-7-13-27(26)29/h4-19H,1-3H3/q+1/i19D. The number of nitrogens with zero attached hydrogens (tertiary/aromatic N) is 2. The van der Waals surface area contributed by atoms with Gasteiger partial charge in [0.2, 0.25) is 5.69 Å². The Morgan fingerprint density at radius 2 is 1.50 bits per heavy atom. The molecule has 0 saturated carbocycles. The largest absolute Gasteiger partial charge is 0.454 e. The second-order valence-corrected chi connectivity index (χ2v) is 9.96. The number of hydrogen-bond acceptors (Lipinski definition) is 2. The zero-order valence-corrected chi connectivity index (χ0v) is 21.5. The van der Waals surface area contributed by atoms with E-state index in [4.69, 9.17) is 4.42 Å². The molecule has 2 heterocycles. The van der Waals surface area contributed by atoms with E-state index in [-0.39, 0.29) is 0 Å². The lowest BCUT2D eigenvalue weighted by Gasteiger charge is -2.12. The summed E-state index contributed by atoms with van der Waals surface area (Å²) in [6.07, 6.45) is 2.04. The molecule has 0 bridgehead atoms. The van der Waals surface area contributed by atoms with E-state index in [2.05, 4.69) is 48.7 Å². The van der Waals surface area contributed by atoms with Crippen LogP contribution in [-0.2, 0) is 7.05 Å². The molecule has 0 aliphatic rings. The van der Waals surface area contributed by atoms with Crippen LogP contribution in [0.2, 0.25) is 0 Å². The average Bonchev–Trinajstić information content (AvgIpc) is 3.34. The van der Waals surface area contributed by atoms with Gasteiger partial charge in [-0.1, -0.05) is 54.6 Å². The maximum atomic E-state index is 10.3. The van der Waals surface area contributed by atoms with Crippen LogP contribution in [0.3, 0.4) is 0 Å². The van der Waals surface area contributed by atoms with E-state index in [0.29, 0.717) is 22.8 Å². The average molecular weight is 491 g/mol. The van der Waals surface area contributed by atoms with E-state index >= 15 is 0 Å². The van der Waals surface area contributed by atoms with Crippen molar-refractivity contribution in [3.05, 3.63) is 114 Å². The summed E-state index contributed by atoms with van der Waals surface area (Å²) in [5.74, 6) is 0. The number of benzene rings is 5. The number of furan rings is 1. The number of hydrogen-bond donors (Lipinski definition) is 0. The number of fused-ring (bicyclic) bond motifs is 6. The van der Waals surface area contributed by atoms with Crippen LogP contribution in [0.15, 0.2) is 102 Å². The molecule has 0 aliphatic carbocycles. The smallest absolute Gasteiger partial charge is 0.216 e. The molecule has 0 saturated heterocycles. The summed E-state index contributed by atoms with van der Waals surface area (Å²) < 4.78 is 18.3. The van der Waals surface area contributed by atoms with Gasteiger partial charge in [-0.2, -0.15) is 5.26 Å². The molecule has 0 amide bonds. The molecule has 2 aromatic heterocycles. The number of pyridine rings is 1. The van der Waals surface area contributed by atoms with Gasteiger partial charge in [0, 0.05) is 28.5 Å². The van der Waals surface area contributed by atoms with E-state index in [1.807, 2.05) is 73.9 Å². The first-order chi connectivity index (χ1) is 19.0. The van der Waals surface area contributed by atoms with Gasteiger partial charge in [-0.3, -0.25) is 0 Å². The second kappa shape index (κ2) is 8.30.